The second-order valence-electron chi connectivity index (χ2n) is 7.41. The molecule has 3 rings (SSSR count). The van der Waals surface area contributed by atoms with Gasteiger partial charge in [-0.3, -0.25) is 9.78 Å². The number of hydrogen-bond acceptors (Lipinski definition) is 4. The summed E-state index contributed by atoms with van der Waals surface area (Å²) in [7, 11) is 0. The number of pyridine rings is 1. The number of aromatic nitrogens is 1. The number of carbonyl (C=O) groups excluding carboxylic acids is 1. The summed E-state index contributed by atoms with van der Waals surface area (Å²) in [5, 5.41) is 12.3. The lowest BCUT2D eigenvalue weighted by molar-refractivity contribution is 0.0930. The molecule has 1 amide bonds. The fourth-order valence-electron chi connectivity index (χ4n) is 3.73. The lowest BCUT2D eigenvalue weighted by Gasteiger charge is -2.31. The second-order valence-corrected chi connectivity index (χ2v) is 7.41. The number of benzene rings is 1. The number of nitrogens with one attached hydrogen (secondary N) is 1. The molecule has 1 atom stereocenters. The lowest BCUT2D eigenvalue weighted by Crippen LogP contribution is -2.41. The average Bonchev–Trinajstić information content (AvgIpc) is 2.68. The fourth-order valence-corrected chi connectivity index (χ4v) is 3.73. The van der Waals surface area contributed by atoms with Crippen LogP contribution in [-0.2, 0) is 0 Å². The third-order valence-corrected chi connectivity index (χ3v) is 5.26. The minimum absolute atomic E-state index is 0.0454. The van der Waals surface area contributed by atoms with E-state index < -0.39 is 0 Å². The van der Waals surface area contributed by atoms with Crippen molar-refractivity contribution in [3.63, 3.8) is 0 Å². The molecule has 1 aliphatic rings. The molecule has 1 aromatic carbocycles. The largest absolute Gasteiger partial charge is 0.396 e. The SMILES string of the molecule is Cc1ccc(-c2ccc(C(=O)NCCN3CCC[C@@H](CO)C3)cc2)c(C)n1. The Kier molecular flexibility index (Phi) is 6.58. The van der Waals surface area contributed by atoms with Crippen LogP contribution in [0, 0.1) is 19.8 Å². The number of aliphatic hydroxyl groups is 1. The van der Waals surface area contributed by atoms with Gasteiger partial charge in [-0.15, -0.1) is 0 Å². The van der Waals surface area contributed by atoms with E-state index in [9.17, 15) is 9.90 Å². The number of likely N-dealkylation sites (tertiary alicyclic amines) is 1. The van der Waals surface area contributed by atoms with Gasteiger partial charge in [0.25, 0.3) is 5.91 Å². The van der Waals surface area contributed by atoms with Gasteiger partial charge in [0.1, 0.15) is 0 Å². The summed E-state index contributed by atoms with van der Waals surface area (Å²) in [6.45, 7) is 7.67. The molecule has 0 aliphatic carbocycles. The number of nitrogens with zero attached hydrogens (tertiary/aromatic N) is 2. The zero-order valence-corrected chi connectivity index (χ0v) is 16.2. The highest BCUT2D eigenvalue weighted by Crippen LogP contribution is 2.22. The predicted octanol–water partition coefficient (Wildman–Crippen LogP) is 2.80. The molecule has 1 saturated heterocycles. The normalized spacial score (nSPS) is 17.7. The molecule has 2 N–H and O–H groups in total. The first-order valence-electron chi connectivity index (χ1n) is 9.73. The van der Waals surface area contributed by atoms with Crippen molar-refractivity contribution < 1.29 is 9.90 Å². The Hall–Kier alpha value is -2.24. The van der Waals surface area contributed by atoms with Crippen molar-refractivity contribution in [3.05, 3.63) is 53.3 Å². The van der Waals surface area contributed by atoms with Crippen LogP contribution in [0.25, 0.3) is 11.1 Å². The summed E-state index contributed by atoms with van der Waals surface area (Å²) in [5.74, 6) is 0.331. The zero-order chi connectivity index (χ0) is 19.2. The predicted molar refractivity (Wildman–Crippen MR) is 108 cm³/mol. The number of carbonyl (C=O) groups is 1. The van der Waals surface area contributed by atoms with Gasteiger partial charge >= 0.3 is 0 Å². The molecule has 5 heteroatoms. The van der Waals surface area contributed by atoms with Gasteiger partial charge in [0, 0.05) is 48.8 Å². The number of piperidine rings is 1. The Bertz CT molecular complexity index is 774. The molecule has 0 unspecified atom stereocenters. The van der Waals surface area contributed by atoms with Crippen LogP contribution in [-0.4, -0.2) is 53.7 Å². The summed E-state index contributed by atoms with van der Waals surface area (Å²) in [4.78, 5) is 19.2. The highest BCUT2D eigenvalue weighted by molar-refractivity contribution is 5.94. The van der Waals surface area contributed by atoms with E-state index >= 15 is 0 Å². The van der Waals surface area contributed by atoms with Crippen LogP contribution in [0.15, 0.2) is 36.4 Å². The van der Waals surface area contributed by atoms with E-state index in [1.165, 1.54) is 0 Å². The van der Waals surface area contributed by atoms with Gasteiger partial charge in [-0.2, -0.15) is 0 Å². The van der Waals surface area contributed by atoms with E-state index in [0.29, 0.717) is 18.0 Å². The molecular formula is C22H29N3O2. The van der Waals surface area contributed by atoms with Gasteiger partial charge in [0.2, 0.25) is 0 Å². The van der Waals surface area contributed by atoms with Crippen molar-refractivity contribution in [2.24, 2.45) is 5.92 Å². The maximum Gasteiger partial charge on any atom is 0.251 e. The minimum atomic E-state index is -0.0454. The van der Waals surface area contributed by atoms with Crippen molar-refractivity contribution in [1.82, 2.24) is 15.2 Å². The van der Waals surface area contributed by atoms with Crippen molar-refractivity contribution in [2.45, 2.75) is 26.7 Å². The molecule has 144 valence electrons. The third kappa shape index (κ3) is 5.15. The quantitative estimate of drug-likeness (QED) is 0.824. The number of hydrogen-bond donors (Lipinski definition) is 2. The molecule has 2 heterocycles. The Morgan fingerprint density at radius 1 is 1.22 bits per heavy atom. The molecule has 0 bridgehead atoms. The van der Waals surface area contributed by atoms with Crippen LogP contribution in [0.4, 0.5) is 0 Å². The molecule has 0 spiro atoms. The molecule has 1 aliphatic heterocycles. The first kappa shape index (κ1) is 19.5. The van der Waals surface area contributed by atoms with Crippen LogP contribution in [0.1, 0.15) is 34.6 Å². The number of amides is 1. The fraction of sp³-hybridized carbons (Fsp3) is 0.455. The van der Waals surface area contributed by atoms with Crippen molar-refractivity contribution in [3.8, 4) is 11.1 Å². The number of aliphatic hydroxyl groups excluding tert-OH is 1. The molecular weight excluding hydrogens is 338 g/mol. The van der Waals surface area contributed by atoms with E-state index in [2.05, 4.69) is 21.3 Å². The van der Waals surface area contributed by atoms with E-state index in [0.717, 1.165) is 55.0 Å². The van der Waals surface area contributed by atoms with E-state index in [-0.39, 0.29) is 12.5 Å². The van der Waals surface area contributed by atoms with Crippen molar-refractivity contribution in [1.29, 1.82) is 0 Å². The summed E-state index contributed by atoms with van der Waals surface area (Å²) >= 11 is 0. The summed E-state index contributed by atoms with van der Waals surface area (Å²) in [5.41, 5.74) is 4.83. The molecule has 1 fully saturated rings. The Labute approximate surface area is 161 Å². The van der Waals surface area contributed by atoms with E-state index in [4.69, 9.17) is 0 Å². The monoisotopic (exact) mass is 367 g/mol. The highest BCUT2D eigenvalue weighted by Gasteiger charge is 2.18. The average molecular weight is 367 g/mol. The van der Waals surface area contributed by atoms with Crippen molar-refractivity contribution in [2.75, 3.05) is 32.8 Å². The molecule has 5 nitrogen and oxygen atoms in total. The minimum Gasteiger partial charge on any atom is -0.396 e. The highest BCUT2D eigenvalue weighted by atomic mass is 16.3. The molecule has 1 aromatic heterocycles. The number of rotatable bonds is 6. The van der Waals surface area contributed by atoms with Gasteiger partial charge in [-0.1, -0.05) is 18.2 Å². The first-order valence-corrected chi connectivity index (χ1v) is 9.73. The van der Waals surface area contributed by atoms with Crippen LogP contribution in [0.2, 0.25) is 0 Å². The van der Waals surface area contributed by atoms with Crippen LogP contribution in [0.5, 0.6) is 0 Å². The first-order chi connectivity index (χ1) is 13.1. The van der Waals surface area contributed by atoms with E-state index in [1.807, 2.05) is 44.2 Å². The van der Waals surface area contributed by atoms with E-state index in [1.54, 1.807) is 0 Å². The molecule has 27 heavy (non-hydrogen) atoms. The maximum absolute atomic E-state index is 12.4. The summed E-state index contributed by atoms with van der Waals surface area (Å²) in [6, 6.07) is 11.8. The van der Waals surface area contributed by atoms with Gasteiger partial charge in [0.05, 0.1) is 0 Å². The lowest BCUT2D eigenvalue weighted by atomic mass is 9.99. The standard InChI is InChI=1S/C22H29N3O2/c1-16-5-10-21(17(2)24-16)19-6-8-20(9-7-19)22(27)23-11-13-25-12-3-4-18(14-25)15-26/h5-10,18,26H,3-4,11-15H2,1-2H3,(H,23,27)/t18-/m1/s1. The smallest absolute Gasteiger partial charge is 0.251 e. The third-order valence-electron chi connectivity index (χ3n) is 5.26. The number of aryl methyl sites for hydroxylation is 2. The molecule has 2 aromatic rings. The Balaban J connectivity index is 1.53. The van der Waals surface area contributed by atoms with Crippen molar-refractivity contribution >= 4 is 5.91 Å². The molecule has 0 saturated carbocycles. The van der Waals surface area contributed by atoms with Gasteiger partial charge in [-0.25, -0.2) is 0 Å². The Morgan fingerprint density at radius 3 is 2.70 bits per heavy atom. The van der Waals surface area contributed by atoms with Gasteiger partial charge < -0.3 is 15.3 Å². The maximum atomic E-state index is 12.4. The van der Waals surface area contributed by atoms with Crippen LogP contribution < -0.4 is 5.32 Å². The van der Waals surface area contributed by atoms with Crippen LogP contribution in [0.3, 0.4) is 0 Å². The summed E-state index contributed by atoms with van der Waals surface area (Å²) in [6.07, 6.45) is 2.22. The zero-order valence-electron chi connectivity index (χ0n) is 16.2. The van der Waals surface area contributed by atoms with Gasteiger partial charge in [-0.05, 0) is 62.9 Å². The van der Waals surface area contributed by atoms with Gasteiger partial charge in [0.15, 0.2) is 0 Å². The van der Waals surface area contributed by atoms with Crippen LogP contribution >= 0.6 is 0 Å². The topological polar surface area (TPSA) is 65.5 Å². The Morgan fingerprint density at radius 2 is 2.00 bits per heavy atom. The second kappa shape index (κ2) is 9.11. The molecule has 0 radical (unpaired) electrons. The summed E-state index contributed by atoms with van der Waals surface area (Å²) < 4.78 is 0.